The molecular formula is C16H11ClN2O3S. The van der Waals surface area contributed by atoms with E-state index in [1.165, 1.54) is 12.1 Å². The lowest BCUT2D eigenvalue weighted by molar-refractivity contribution is 0.474. The summed E-state index contributed by atoms with van der Waals surface area (Å²) in [6.45, 7) is 0. The standard InChI is InChI=1S/C16H11ClN2O3S/c17-23(21,22)12-8-9-15(16(20)10-12)19-18-14-7-3-5-11-4-1-2-6-13(11)14/h1-10,20H. The first kappa shape index (κ1) is 15.5. The van der Waals surface area contributed by atoms with Gasteiger partial charge in [-0.3, -0.25) is 0 Å². The minimum atomic E-state index is -3.90. The Morgan fingerprint density at radius 2 is 1.57 bits per heavy atom. The van der Waals surface area contributed by atoms with Gasteiger partial charge in [-0.1, -0.05) is 36.4 Å². The van der Waals surface area contributed by atoms with Gasteiger partial charge in [-0.25, -0.2) is 8.42 Å². The van der Waals surface area contributed by atoms with Crippen LogP contribution in [0.5, 0.6) is 5.75 Å². The molecule has 0 saturated heterocycles. The van der Waals surface area contributed by atoms with E-state index in [-0.39, 0.29) is 16.3 Å². The number of azo groups is 1. The van der Waals surface area contributed by atoms with Crippen LogP contribution < -0.4 is 0 Å². The summed E-state index contributed by atoms with van der Waals surface area (Å²) < 4.78 is 22.4. The van der Waals surface area contributed by atoms with Gasteiger partial charge in [0.25, 0.3) is 9.05 Å². The molecule has 116 valence electrons. The molecule has 1 N–H and O–H groups in total. The normalized spacial score (nSPS) is 12.0. The highest BCUT2D eigenvalue weighted by Crippen LogP contribution is 2.33. The van der Waals surface area contributed by atoms with E-state index < -0.39 is 9.05 Å². The van der Waals surface area contributed by atoms with E-state index in [0.717, 1.165) is 16.8 Å². The minimum absolute atomic E-state index is 0.155. The molecule has 0 radical (unpaired) electrons. The highest BCUT2D eigenvalue weighted by atomic mass is 35.7. The summed E-state index contributed by atoms with van der Waals surface area (Å²) >= 11 is 0. The Balaban J connectivity index is 2.00. The van der Waals surface area contributed by atoms with E-state index in [1.54, 1.807) is 6.07 Å². The minimum Gasteiger partial charge on any atom is -0.506 e. The van der Waals surface area contributed by atoms with Crippen LogP contribution in [0.3, 0.4) is 0 Å². The third-order valence-corrected chi connectivity index (χ3v) is 4.61. The average Bonchev–Trinajstić information content (AvgIpc) is 2.53. The molecule has 0 spiro atoms. The number of fused-ring (bicyclic) bond motifs is 1. The van der Waals surface area contributed by atoms with Crippen LogP contribution in [0.2, 0.25) is 0 Å². The molecule has 3 aromatic rings. The highest BCUT2D eigenvalue weighted by Gasteiger charge is 2.12. The number of halogens is 1. The largest absolute Gasteiger partial charge is 0.506 e. The second-order valence-electron chi connectivity index (χ2n) is 4.79. The second-order valence-corrected chi connectivity index (χ2v) is 7.35. The first-order valence-corrected chi connectivity index (χ1v) is 8.93. The van der Waals surface area contributed by atoms with Gasteiger partial charge in [0.05, 0.1) is 10.6 Å². The molecule has 0 aliphatic heterocycles. The van der Waals surface area contributed by atoms with Crippen molar-refractivity contribution < 1.29 is 13.5 Å². The topological polar surface area (TPSA) is 79.1 Å². The monoisotopic (exact) mass is 346 g/mol. The van der Waals surface area contributed by atoms with Crippen LogP contribution in [0.15, 0.2) is 75.8 Å². The molecule has 0 aliphatic carbocycles. The van der Waals surface area contributed by atoms with Crippen LogP contribution >= 0.6 is 10.7 Å². The van der Waals surface area contributed by atoms with E-state index in [2.05, 4.69) is 10.2 Å². The zero-order valence-corrected chi connectivity index (χ0v) is 13.3. The summed E-state index contributed by atoms with van der Waals surface area (Å²) in [6, 6.07) is 17.0. The van der Waals surface area contributed by atoms with Gasteiger partial charge < -0.3 is 5.11 Å². The summed E-state index contributed by atoms with van der Waals surface area (Å²) in [4.78, 5) is -0.194. The predicted octanol–water partition coefficient (Wildman–Crippen LogP) is 4.89. The number of phenols is 1. The molecule has 23 heavy (non-hydrogen) atoms. The van der Waals surface area contributed by atoms with Crippen molar-refractivity contribution >= 4 is 41.9 Å². The zero-order chi connectivity index (χ0) is 16.4. The van der Waals surface area contributed by atoms with Crippen LogP contribution in [-0.4, -0.2) is 13.5 Å². The number of benzene rings is 3. The van der Waals surface area contributed by atoms with E-state index in [1.807, 2.05) is 36.4 Å². The molecule has 0 bridgehead atoms. The van der Waals surface area contributed by atoms with Gasteiger partial charge in [-0.2, -0.15) is 0 Å². The lowest BCUT2D eigenvalue weighted by atomic mass is 10.1. The summed E-state index contributed by atoms with van der Waals surface area (Å²) in [5, 5.41) is 19.9. The van der Waals surface area contributed by atoms with Crippen LogP contribution in [0.25, 0.3) is 10.8 Å². The number of nitrogens with zero attached hydrogens (tertiary/aromatic N) is 2. The predicted molar refractivity (Wildman–Crippen MR) is 89.3 cm³/mol. The molecule has 0 heterocycles. The highest BCUT2D eigenvalue weighted by molar-refractivity contribution is 8.13. The van der Waals surface area contributed by atoms with Gasteiger partial charge >= 0.3 is 0 Å². The molecule has 3 rings (SSSR count). The number of rotatable bonds is 3. The van der Waals surface area contributed by atoms with Crippen molar-refractivity contribution in [2.24, 2.45) is 10.2 Å². The first-order valence-electron chi connectivity index (χ1n) is 6.62. The molecule has 0 amide bonds. The molecule has 0 saturated carbocycles. The fourth-order valence-corrected chi connectivity index (χ4v) is 2.91. The quantitative estimate of drug-likeness (QED) is 0.541. The van der Waals surface area contributed by atoms with Crippen molar-refractivity contribution in [2.75, 3.05) is 0 Å². The zero-order valence-electron chi connectivity index (χ0n) is 11.7. The Morgan fingerprint density at radius 1 is 0.870 bits per heavy atom. The van der Waals surface area contributed by atoms with Crippen LogP contribution in [0.4, 0.5) is 11.4 Å². The van der Waals surface area contributed by atoms with Crippen molar-refractivity contribution in [2.45, 2.75) is 4.90 Å². The molecule has 5 nitrogen and oxygen atoms in total. The van der Waals surface area contributed by atoms with Crippen LogP contribution in [-0.2, 0) is 9.05 Å². The summed E-state index contributed by atoms with van der Waals surface area (Å²) in [7, 11) is 1.33. The van der Waals surface area contributed by atoms with Gasteiger partial charge in [0.2, 0.25) is 0 Å². The Kier molecular flexibility index (Phi) is 4.02. The number of aromatic hydroxyl groups is 1. The van der Waals surface area contributed by atoms with E-state index in [0.29, 0.717) is 5.69 Å². The Morgan fingerprint density at radius 3 is 2.30 bits per heavy atom. The molecule has 0 aromatic heterocycles. The smallest absolute Gasteiger partial charge is 0.261 e. The Labute approximate surface area is 137 Å². The number of hydrogen-bond acceptors (Lipinski definition) is 5. The number of phenolic OH excluding ortho intramolecular Hbond substituents is 1. The van der Waals surface area contributed by atoms with Gasteiger partial charge in [-0.15, -0.1) is 10.2 Å². The molecule has 3 aromatic carbocycles. The van der Waals surface area contributed by atoms with Crippen molar-refractivity contribution in [3.05, 3.63) is 60.7 Å². The van der Waals surface area contributed by atoms with Crippen molar-refractivity contribution in [1.29, 1.82) is 0 Å². The lowest BCUT2D eigenvalue weighted by Gasteiger charge is -2.02. The fraction of sp³-hybridized carbons (Fsp3) is 0. The Hall–Kier alpha value is -2.44. The summed E-state index contributed by atoms with van der Waals surface area (Å²) in [6.07, 6.45) is 0. The van der Waals surface area contributed by atoms with E-state index in [9.17, 15) is 13.5 Å². The van der Waals surface area contributed by atoms with Gasteiger partial charge in [0.15, 0.2) is 0 Å². The summed E-state index contributed by atoms with van der Waals surface area (Å²) in [5.74, 6) is -0.310. The maximum Gasteiger partial charge on any atom is 0.261 e. The summed E-state index contributed by atoms with van der Waals surface area (Å²) in [5.41, 5.74) is 0.804. The second kappa shape index (κ2) is 5.98. The third kappa shape index (κ3) is 3.33. The van der Waals surface area contributed by atoms with E-state index >= 15 is 0 Å². The van der Waals surface area contributed by atoms with E-state index in [4.69, 9.17) is 10.7 Å². The van der Waals surface area contributed by atoms with Crippen molar-refractivity contribution in [3.63, 3.8) is 0 Å². The van der Waals surface area contributed by atoms with Gasteiger partial charge in [-0.05, 0) is 23.6 Å². The maximum atomic E-state index is 11.2. The van der Waals surface area contributed by atoms with Crippen molar-refractivity contribution in [3.8, 4) is 5.75 Å². The lowest BCUT2D eigenvalue weighted by Crippen LogP contribution is -1.89. The molecule has 7 heteroatoms. The SMILES string of the molecule is O=S(=O)(Cl)c1ccc(N=Nc2cccc3ccccc23)c(O)c1. The molecule has 0 unspecified atom stereocenters. The Bertz CT molecular complexity index is 1010. The van der Waals surface area contributed by atoms with Crippen LogP contribution in [0.1, 0.15) is 0 Å². The van der Waals surface area contributed by atoms with Crippen LogP contribution in [0, 0.1) is 0 Å². The fourth-order valence-electron chi connectivity index (χ4n) is 2.14. The molecular weight excluding hydrogens is 336 g/mol. The maximum absolute atomic E-state index is 11.2. The van der Waals surface area contributed by atoms with Gasteiger partial charge in [0, 0.05) is 22.1 Å². The molecule has 0 aliphatic rings. The molecule has 0 atom stereocenters. The van der Waals surface area contributed by atoms with Crippen molar-refractivity contribution in [1.82, 2.24) is 0 Å². The number of hydrogen-bond donors (Lipinski definition) is 1. The average molecular weight is 347 g/mol. The van der Waals surface area contributed by atoms with Gasteiger partial charge in [0.1, 0.15) is 11.4 Å². The third-order valence-electron chi connectivity index (χ3n) is 3.26. The molecule has 0 fully saturated rings. The first-order chi connectivity index (χ1) is 10.9.